The van der Waals surface area contributed by atoms with Gasteiger partial charge in [-0.1, -0.05) is 0 Å². The minimum atomic E-state index is 0.106. The lowest BCUT2D eigenvalue weighted by atomic mass is 10.1. The number of likely N-dealkylation sites (tertiary alicyclic amines) is 1. The van der Waals surface area contributed by atoms with Gasteiger partial charge in [-0.2, -0.15) is 0 Å². The van der Waals surface area contributed by atoms with Crippen LogP contribution in [0.15, 0.2) is 0 Å². The molecule has 4 heteroatoms. The van der Waals surface area contributed by atoms with Gasteiger partial charge in [0.2, 0.25) is 5.91 Å². The lowest BCUT2D eigenvalue weighted by molar-refractivity contribution is -0.123. The first-order chi connectivity index (χ1) is 6.66. The van der Waals surface area contributed by atoms with Crippen molar-refractivity contribution in [3.05, 3.63) is 0 Å². The zero-order valence-electron chi connectivity index (χ0n) is 8.70. The molecule has 2 unspecified atom stereocenters. The van der Waals surface area contributed by atoms with Gasteiger partial charge in [0.15, 0.2) is 0 Å². The number of carbonyl (C=O) groups excluding carboxylic acids is 1. The van der Waals surface area contributed by atoms with Gasteiger partial charge in [-0.25, -0.2) is 0 Å². The number of hydrogen-bond acceptors (Lipinski definition) is 3. The van der Waals surface area contributed by atoms with Crippen LogP contribution < -0.4 is 11.1 Å². The number of hydrogen-bond donors (Lipinski definition) is 2. The molecule has 4 nitrogen and oxygen atoms in total. The lowest BCUT2D eigenvalue weighted by Gasteiger charge is -2.29. The number of carbonyl (C=O) groups is 1. The molecule has 14 heavy (non-hydrogen) atoms. The van der Waals surface area contributed by atoms with Crippen LogP contribution >= 0.6 is 0 Å². The van der Waals surface area contributed by atoms with Crippen LogP contribution in [0.3, 0.4) is 0 Å². The van der Waals surface area contributed by atoms with Gasteiger partial charge in [0.1, 0.15) is 0 Å². The molecule has 1 heterocycles. The second-order valence-corrected chi connectivity index (χ2v) is 4.59. The third-order valence-corrected chi connectivity index (χ3v) is 3.24. The van der Waals surface area contributed by atoms with Crippen LogP contribution in [0.4, 0.5) is 0 Å². The van der Waals surface area contributed by atoms with Crippen LogP contribution in [0.1, 0.15) is 19.3 Å². The second kappa shape index (κ2) is 3.87. The van der Waals surface area contributed by atoms with E-state index in [0.717, 1.165) is 32.4 Å². The number of piperidine rings is 1. The van der Waals surface area contributed by atoms with Crippen LogP contribution in [-0.4, -0.2) is 43.0 Å². The Morgan fingerprint density at radius 1 is 1.43 bits per heavy atom. The molecule has 0 aromatic carbocycles. The predicted molar refractivity (Wildman–Crippen MR) is 54.7 cm³/mol. The summed E-state index contributed by atoms with van der Waals surface area (Å²) in [5.41, 5.74) is 5.63. The maximum Gasteiger partial charge on any atom is 0.224 e. The van der Waals surface area contributed by atoms with Crippen molar-refractivity contribution in [1.82, 2.24) is 10.2 Å². The average molecular weight is 197 g/mol. The molecule has 3 N–H and O–H groups in total. The van der Waals surface area contributed by atoms with E-state index in [0.29, 0.717) is 6.04 Å². The molecule has 1 saturated heterocycles. The Morgan fingerprint density at radius 3 is 2.50 bits per heavy atom. The Hall–Kier alpha value is -0.610. The molecule has 0 radical (unpaired) electrons. The summed E-state index contributed by atoms with van der Waals surface area (Å²) in [6, 6.07) is 0.507. The molecule has 1 amide bonds. The van der Waals surface area contributed by atoms with Crippen molar-refractivity contribution in [3.63, 3.8) is 0 Å². The lowest BCUT2D eigenvalue weighted by Crippen LogP contribution is -2.44. The molecular weight excluding hydrogens is 178 g/mol. The normalized spacial score (nSPS) is 34.1. The Bertz CT molecular complexity index is 223. The molecule has 0 bridgehead atoms. The Kier molecular flexibility index (Phi) is 2.74. The molecular formula is C10H19N3O. The highest BCUT2D eigenvalue weighted by atomic mass is 16.2. The average Bonchev–Trinajstić information content (AvgIpc) is 2.87. The fourth-order valence-corrected chi connectivity index (χ4v) is 1.98. The number of nitrogens with one attached hydrogen (secondary N) is 1. The largest absolute Gasteiger partial charge is 0.353 e. The highest BCUT2D eigenvalue weighted by Gasteiger charge is 2.40. The summed E-state index contributed by atoms with van der Waals surface area (Å²) < 4.78 is 0. The Morgan fingerprint density at radius 2 is 2.00 bits per heavy atom. The molecule has 80 valence electrons. The smallest absolute Gasteiger partial charge is 0.224 e. The molecule has 0 spiro atoms. The summed E-state index contributed by atoms with van der Waals surface area (Å²) in [5.74, 6) is 0.279. The van der Waals surface area contributed by atoms with Crippen molar-refractivity contribution in [3.8, 4) is 0 Å². The van der Waals surface area contributed by atoms with Crippen LogP contribution in [0, 0.1) is 5.92 Å². The number of nitrogens with two attached hydrogens (primary N) is 1. The maximum absolute atomic E-state index is 11.6. The first kappa shape index (κ1) is 9.93. The molecule has 2 rings (SSSR count). The van der Waals surface area contributed by atoms with Gasteiger partial charge in [-0.15, -0.1) is 0 Å². The summed E-state index contributed by atoms with van der Waals surface area (Å²) in [6.07, 6.45) is 3.02. The van der Waals surface area contributed by atoms with Crippen molar-refractivity contribution in [2.45, 2.75) is 31.3 Å². The minimum Gasteiger partial charge on any atom is -0.353 e. The highest BCUT2D eigenvalue weighted by molar-refractivity contribution is 5.82. The summed E-state index contributed by atoms with van der Waals surface area (Å²) in [4.78, 5) is 13.9. The summed E-state index contributed by atoms with van der Waals surface area (Å²) in [6.45, 7) is 2.17. The van der Waals surface area contributed by atoms with Crippen molar-refractivity contribution >= 4 is 5.91 Å². The predicted octanol–water partition coefficient (Wildman–Crippen LogP) is -0.456. The summed E-state index contributed by atoms with van der Waals surface area (Å²) in [5, 5.41) is 3.09. The fourth-order valence-electron chi connectivity index (χ4n) is 1.98. The van der Waals surface area contributed by atoms with Crippen LogP contribution in [0.5, 0.6) is 0 Å². The van der Waals surface area contributed by atoms with Crippen molar-refractivity contribution in [2.75, 3.05) is 20.1 Å². The number of rotatable bonds is 2. The van der Waals surface area contributed by atoms with Crippen LogP contribution in [0.25, 0.3) is 0 Å². The molecule has 1 aliphatic heterocycles. The van der Waals surface area contributed by atoms with Gasteiger partial charge >= 0.3 is 0 Å². The van der Waals surface area contributed by atoms with E-state index < -0.39 is 0 Å². The van der Waals surface area contributed by atoms with Gasteiger partial charge < -0.3 is 16.0 Å². The molecule has 1 saturated carbocycles. The molecule has 1 aliphatic carbocycles. The van der Waals surface area contributed by atoms with Crippen molar-refractivity contribution in [1.29, 1.82) is 0 Å². The van der Waals surface area contributed by atoms with Crippen molar-refractivity contribution in [2.24, 2.45) is 11.7 Å². The molecule has 2 atom stereocenters. The molecule has 0 aromatic heterocycles. The van der Waals surface area contributed by atoms with Gasteiger partial charge in [-0.3, -0.25) is 4.79 Å². The van der Waals surface area contributed by atoms with E-state index in [1.807, 2.05) is 0 Å². The zero-order valence-corrected chi connectivity index (χ0v) is 8.70. The maximum atomic E-state index is 11.6. The van der Waals surface area contributed by atoms with Gasteiger partial charge in [0, 0.05) is 12.1 Å². The van der Waals surface area contributed by atoms with E-state index in [1.165, 1.54) is 0 Å². The van der Waals surface area contributed by atoms with Crippen LogP contribution in [0.2, 0.25) is 0 Å². The first-order valence-corrected chi connectivity index (χ1v) is 5.41. The summed E-state index contributed by atoms with van der Waals surface area (Å²) in [7, 11) is 2.12. The topological polar surface area (TPSA) is 58.4 Å². The Labute approximate surface area is 84.8 Å². The van der Waals surface area contributed by atoms with E-state index in [-0.39, 0.29) is 17.9 Å². The number of amides is 1. The SMILES string of the molecule is CN1CCC(NC(=O)C2CC2N)CC1. The fraction of sp³-hybridized carbons (Fsp3) is 0.900. The van der Waals surface area contributed by atoms with E-state index in [1.54, 1.807) is 0 Å². The second-order valence-electron chi connectivity index (χ2n) is 4.59. The molecule has 2 fully saturated rings. The Balaban J connectivity index is 1.72. The highest BCUT2D eigenvalue weighted by Crippen LogP contribution is 2.28. The van der Waals surface area contributed by atoms with E-state index in [2.05, 4.69) is 17.3 Å². The zero-order chi connectivity index (χ0) is 10.1. The molecule has 2 aliphatic rings. The first-order valence-electron chi connectivity index (χ1n) is 5.41. The van der Waals surface area contributed by atoms with Crippen LogP contribution in [-0.2, 0) is 4.79 Å². The third-order valence-electron chi connectivity index (χ3n) is 3.24. The standard InChI is InChI=1S/C10H19N3O/c1-13-4-2-7(3-5-13)12-10(14)8-6-9(8)11/h7-9H,2-6,11H2,1H3,(H,12,14). The van der Waals surface area contributed by atoms with E-state index in [9.17, 15) is 4.79 Å². The van der Waals surface area contributed by atoms with Gasteiger partial charge in [0.05, 0.1) is 5.92 Å². The number of nitrogens with zero attached hydrogens (tertiary/aromatic N) is 1. The minimum absolute atomic E-state index is 0.106. The molecule has 0 aromatic rings. The van der Waals surface area contributed by atoms with Gasteiger partial charge in [-0.05, 0) is 39.4 Å². The third kappa shape index (κ3) is 2.25. The van der Waals surface area contributed by atoms with Crippen molar-refractivity contribution < 1.29 is 4.79 Å². The monoisotopic (exact) mass is 197 g/mol. The summed E-state index contributed by atoms with van der Waals surface area (Å²) >= 11 is 0. The van der Waals surface area contributed by atoms with E-state index >= 15 is 0 Å². The quantitative estimate of drug-likeness (QED) is 0.630. The van der Waals surface area contributed by atoms with E-state index in [4.69, 9.17) is 5.73 Å². The van der Waals surface area contributed by atoms with Gasteiger partial charge in [0.25, 0.3) is 0 Å².